The van der Waals surface area contributed by atoms with Crippen molar-refractivity contribution >= 4 is 16.8 Å². The van der Waals surface area contributed by atoms with Crippen LogP contribution in [-0.4, -0.2) is 19.8 Å². The Bertz CT molecular complexity index is 1260. The van der Waals surface area contributed by atoms with Crippen LogP contribution in [0.25, 0.3) is 16.8 Å². The maximum Gasteiger partial charge on any atom is 0.346 e. The fourth-order valence-electron chi connectivity index (χ4n) is 5.29. The lowest BCUT2D eigenvalue weighted by atomic mass is 9.76. The summed E-state index contributed by atoms with van der Waals surface area (Å²) >= 11 is 0. The Morgan fingerprint density at radius 2 is 2.00 bits per heavy atom. The fourth-order valence-corrected chi connectivity index (χ4v) is 5.29. The Balaban J connectivity index is 1.22. The molecule has 1 N–H and O–H groups in total. The second kappa shape index (κ2) is 9.06. The van der Waals surface area contributed by atoms with E-state index in [0.29, 0.717) is 28.9 Å². The molecule has 1 aliphatic heterocycles. The number of fused-ring (bicyclic) bond motifs is 3. The Kier molecular flexibility index (Phi) is 5.98. The van der Waals surface area contributed by atoms with Crippen LogP contribution in [0.1, 0.15) is 43.1 Å². The van der Waals surface area contributed by atoms with E-state index in [9.17, 15) is 4.79 Å². The van der Waals surface area contributed by atoms with Crippen molar-refractivity contribution in [3.8, 4) is 11.5 Å². The molecule has 33 heavy (non-hydrogen) atoms. The van der Waals surface area contributed by atoms with Crippen LogP contribution in [0.4, 0.5) is 0 Å². The molecule has 1 unspecified atom stereocenters. The van der Waals surface area contributed by atoms with Crippen molar-refractivity contribution in [1.82, 2.24) is 5.32 Å². The summed E-state index contributed by atoms with van der Waals surface area (Å²) in [5.41, 5.74) is 2.77. The summed E-state index contributed by atoms with van der Waals surface area (Å²) in [7, 11) is 1.72. The minimum Gasteiger partial charge on any atom is -0.496 e. The monoisotopic (exact) mass is 445 g/mol. The maximum atomic E-state index is 12.2. The Hall–Kier alpha value is -3.05. The number of ether oxygens (including phenoxy) is 2. The first kappa shape index (κ1) is 21.8. The van der Waals surface area contributed by atoms with Gasteiger partial charge in [-0.15, -0.1) is 0 Å². The van der Waals surface area contributed by atoms with Gasteiger partial charge >= 0.3 is 5.63 Å². The number of hydrogen-bond donors (Lipinski definition) is 1. The highest BCUT2D eigenvalue weighted by atomic mass is 16.5. The first-order valence-electron chi connectivity index (χ1n) is 11.8. The molecule has 3 atom stereocenters. The van der Waals surface area contributed by atoms with E-state index in [1.165, 1.54) is 16.5 Å². The first-order valence-corrected chi connectivity index (χ1v) is 11.8. The van der Waals surface area contributed by atoms with Crippen molar-refractivity contribution in [3.63, 3.8) is 0 Å². The van der Waals surface area contributed by atoms with Crippen molar-refractivity contribution in [2.75, 3.05) is 13.7 Å². The zero-order valence-electron chi connectivity index (χ0n) is 19.5. The number of methoxy groups -OCH3 is 1. The molecule has 2 heterocycles. The van der Waals surface area contributed by atoms with Gasteiger partial charge in [-0.25, -0.2) is 4.79 Å². The van der Waals surface area contributed by atoms with Gasteiger partial charge in [-0.2, -0.15) is 0 Å². The lowest BCUT2D eigenvalue weighted by molar-refractivity contribution is 0.140. The van der Waals surface area contributed by atoms with Gasteiger partial charge in [0, 0.05) is 18.0 Å². The number of hydrogen-bond acceptors (Lipinski definition) is 5. The average Bonchev–Trinajstić information content (AvgIpc) is 2.82. The van der Waals surface area contributed by atoms with E-state index in [0.717, 1.165) is 43.5 Å². The quantitative estimate of drug-likeness (QED) is 0.544. The van der Waals surface area contributed by atoms with Crippen molar-refractivity contribution < 1.29 is 13.9 Å². The molecule has 0 saturated heterocycles. The molecule has 0 bridgehead atoms. The van der Waals surface area contributed by atoms with Gasteiger partial charge in [-0.1, -0.05) is 37.3 Å². The summed E-state index contributed by atoms with van der Waals surface area (Å²) in [5, 5.41) is 6.07. The van der Waals surface area contributed by atoms with Crippen LogP contribution in [0.3, 0.4) is 0 Å². The van der Waals surface area contributed by atoms with Gasteiger partial charge in [0.1, 0.15) is 28.9 Å². The van der Waals surface area contributed by atoms with Crippen LogP contribution in [0.5, 0.6) is 11.5 Å². The highest BCUT2D eigenvalue weighted by Gasteiger charge is 2.33. The summed E-state index contributed by atoms with van der Waals surface area (Å²) in [4.78, 5) is 12.2. The SMILES string of the molecule is COc1ccc(CNCC(C)[C@H]2CCC3=Cc4c(cc(C)oc4=O)O[C@H]3C2)c2ccccc12. The molecular weight excluding hydrogens is 414 g/mol. The zero-order chi connectivity index (χ0) is 22.9. The lowest BCUT2D eigenvalue weighted by Gasteiger charge is -2.37. The van der Waals surface area contributed by atoms with Gasteiger partial charge in [0.05, 0.1) is 7.11 Å². The van der Waals surface area contributed by atoms with Crippen LogP contribution in [0.15, 0.2) is 57.2 Å². The highest BCUT2D eigenvalue weighted by Crippen LogP contribution is 2.40. The number of rotatable bonds is 6. The molecule has 5 nitrogen and oxygen atoms in total. The van der Waals surface area contributed by atoms with E-state index in [4.69, 9.17) is 13.9 Å². The third-order valence-electron chi connectivity index (χ3n) is 7.19. The van der Waals surface area contributed by atoms with Gasteiger partial charge in [0.2, 0.25) is 0 Å². The summed E-state index contributed by atoms with van der Waals surface area (Å²) in [6.45, 7) is 5.90. The summed E-state index contributed by atoms with van der Waals surface area (Å²) in [6.07, 6.45) is 5.13. The molecule has 5 rings (SSSR count). The Morgan fingerprint density at radius 3 is 2.82 bits per heavy atom. The summed E-state index contributed by atoms with van der Waals surface area (Å²) in [6, 6.07) is 14.4. The largest absolute Gasteiger partial charge is 0.496 e. The average molecular weight is 446 g/mol. The van der Waals surface area contributed by atoms with Crippen LogP contribution in [0, 0.1) is 18.8 Å². The van der Waals surface area contributed by atoms with Gasteiger partial charge in [-0.05, 0) is 73.2 Å². The molecule has 0 spiro atoms. The van der Waals surface area contributed by atoms with Crippen LogP contribution in [0.2, 0.25) is 0 Å². The molecule has 2 aromatic carbocycles. The van der Waals surface area contributed by atoms with Crippen LogP contribution < -0.4 is 20.4 Å². The highest BCUT2D eigenvalue weighted by molar-refractivity contribution is 5.91. The van der Waals surface area contributed by atoms with E-state index in [2.05, 4.69) is 48.6 Å². The minimum atomic E-state index is -0.304. The molecule has 1 aromatic heterocycles. The number of aryl methyl sites for hydroxylation is 1. The van der Waals surface area contributed by atoms with Gasteiger partial charge in [-0.3, -0.25) is 0 Å². The smallest absolute Gasteiger partial charge is 0.346 e. The van der Waals surface area contributed by atoms with Crippen molar-refractivity contribution in [2.24, 2.45) is 11.8 Å². The predicted molar refractivity (Wildman–Crippen MR) is 131 cm³/mol. The van der Waals surface area contributed by atoms with Crippen LogP contribution in [-0.2, 0) is 6.54 Å². The zero-order valence-corrected chi connectivity index (χ0v) is 19.5. The predicted octanol–water partition coefficient (Wildman–Crippen LogP) is 5.48. The van der Waals surface area contributed by atoms with E-state index >= 15 is 0 Å². The minimum absolute atomic E-state index is 0.0606. The number of benzene rings is 2. The Morgan fingerprint density at radius 1 is 1.18 bits per heavy atom. The molecular formula is C28H31NO4. The standard InChI is InChI=1S/C28H31NO4/c1-17(15-29-16-21-10-11-25(31-3)23-7-5-4-6-22(21)23)19-8-9-20-13-24-27(33-26(20)14-19)12-18(2)32-28(24)30/h4-7,10-13,17,19,26,29H,8-9,14-16H2,1-3H3/t17?,19-,26-/m0/s1. The topological polar surface area (TPSA) is 60.7 Å². The maximum absolute atomic E-state index is 12.2. The lowest BCUT2D eigenvalue weighted by Crippen LogP contribution is -2.36. The van der Waals surface area contributed by atoms with E-state index in [-0.39, 0.29) is 11.7 Å². The summed E-state index contributed by atoms with van der Waals surface area (Å²) in [5.74, 6) is 3.27. The van der Waals surface area contributed by atoms with Gasteiger partial charge in [0.15, 0.2) is 0 Å². The van der Waals surface area contributed by atoms with Gasteiger partial charge in [0.25, 0.3) is 0 Å². The van der Waals surface area contributed by atoms with E-state index in [1.54, 1.807) is 14.0 Å². The molecule has 0 amide bonds. The molecule has 2 aliphatic rings. The molecule has 0 radical (unpaired) electrons. The third-order valence-corrected chi connectivity index (χ3v) is 7.19. The summed E-state index contributed by atoms with van der Waals surface area (Å²) < 4.78 is 17.0. The second-order valence-electron chi connectivity index (χ2n) is 9.36. The second-order valence-corrected chi connectivity index (χ2v) is 9.36. The van der Waals surface area contributed by atoms with Gasteiger partial charge < -0.3 is 19.2 Å². The fraction of sp³-hybridized carbons (Fsp3) is 0.393. The number of nitrogens with one attached hydrogen (secondary N) is 1. The Labute approximate surface area is 194 Å². The molecule has 3 aromatic rings. The van der Waals surface area contributed by atoms with Crippen molar-refractivity contribution in [2.45, 2.75) is 45.8 Å². The molecule has 1 saturated carbocycles. The normalized spacial score (nSPS) is 20.4. The van der Waals surface area contributed by atoms with E-state index in [1.807, 2.05) is 12.1 Å². The van der Waals surface area contributed by atoms with E-state index < -0.39 is 0 Å². The molecule has 1 aliphatic carbocycles. The first-order chi connectivity index (χ1) is 16.0. The molecule has 172 valence electrons. The van der Waals surface area contributed by atoms with Crippen LogP contribution >= 0.6 is 0 Å². The molecule has 5 heteroatoms. The van der Waals surface area contributed by atoms with Crippen molar-refractivity contribution in [3.05, 3.63) is 75.3 Å². The van der Waals surface area contributed by atoms with Crippen molar-refractivity contribution in [1.29, 1.82) is 0 Å². The molecule has 1 fully saturated rings. The third kappa shape index (κ3) is 4.30.